The van der Waals surface area contributed by atoms with Crippen LogP contribution in [-0.4, -0.2) is 27.5 Å². The SMILES string of the molecule is CSNc1cccc(-c2nnc(-c3ccc(C(=O)O)cc3)o2)c1. The Morgan fingerprint density at radius 2 is 1.78 bits per heavy atom. The van der Waals surface area contributed by atoms with Crippen LogP contribution >= 0.6 is 11.9 Å². The molecule has 0 saturated carbocycles. The third-order valence-electron chi connectivity index (χ3n) is 3.13. The zero-order chi connectivity index (χ0) is 16.2. The van der Waals surface area contributed by atoms with E-state index in [1.54, 1.807) is 12.1 Å². The predicted molar refractivity (Wildman–Crippen MR) is 89.3 cm³/mol. The van der Waals surface area contributed by atoms with Crippen molar-refractivity contribution in [3.63, 3.8) is 0 Å². The van der Waals surface area contributed by atoms with Crippen LogP contribution in [0.2, 0.25) is 0 Å². The van der Waals surface area contributed by atoms with Crippen LogP contribution in [-0.2, 0) is 0 Å². The van der Waals surface area contributed by atoms with E-state index in [9.17, 15) is 4.79 Å². The van der Waals surface area contributed by atoms with Gasteiger partial charge in [0.15, 0.2) is 0 Å². The van der Waals surface area contributed by atoms with E-state index in [0.29, 0.717) is 17.3 Å². The van der Waals surface area contributed by atoms with Crippen LogP contribution in [0.15, 0.2) is 52.9 Å². The van der Waals surface area contributed by atoms with Gasteiger partial charge in [0.25, 0.3) is 0 Å². The lowest BCUT2D eigenvalue weighted by atomic mass is 10.1. The van der Waals surface area contributed by atoms with Gasteiger partial charge in [-0.15, -0.1) is 10.2 Å². The number of rotatable bonds is 5. The van der Waals surface area contributed by atoms with Crippen LogP contribution in [0.5, 0.6) is 0 Å². The molecule has 1 heterocycles. The maximum absolute atomic E-state index is 10.9. The predicted octanol–water partition coefficient (Wildman–Crippen LogP) is 3.79. The van der Waals surface area contributed by atoms with Gasteiger partial charge in [0, 0.05) is 23.1 Å². The Morgan fingerprint density at radius 3 is 2.43 bits per heavy atom. The lowest BCUT2D eigenvalue weighted by molar-refractivity contribution is 0.0697. The first-order valence-electron chi connectivity index (χ1n) is 6.74. The summed E-state index contributed by atoms with van der Waals surface area (Å²) >= 11 is 1.50. The molecule has 0 aliphatic rings. The number of anilines is 1. The van der Waals surface area contributed by atoms with Crippen molar-refractivity contribution in [1.29, 1.82) is 0 Å². The van der Waals surface area contributed by atoms with Gasteiger partial charge in [0.1, 0.15) is 0 Å². The van der Waals surface area contributed by atoms with Crippen LogP contribution in [0.1, 0.15) is 10.4 Å². The summed E-state index contributed by atoms with van der Waals surface area (Å²) in [6.45, 7) is 0. The van der Waals surface area contributed by atoms with Crippen LogP contribution in [0.4, 0.5) is 5.69 Å². The smallest absolute Gasteiger partial charge is 0.335 e. The number of carboxylic acid groups (broad SMARTS) is 1. The van der Waals surface area contributed by atoms with Gasteiger partial charge < -0.3 is 14.2 Å². The number of hydrogen-bond donors (Lipinski definition) is 2. The Balaban J connectivity index is 1.88. The Hall–Kier alpha value is -2.80. The fourth-order valence-corrected chi connectivity index (χ4v) is 2.41. The molecule has 0 aliphatic carbocycles. The number of nitrogens with zero attached hydrogens (tertiary/aromatic N) is 2. The van der Waals surface area contributed by atoms with Crippen molar-refractivity contribution < 1.29 is 14.3 Å². The van der Waals surface area contributed by atoms with Crippen molar-refractivity contribution in [2.24, 2.45) is 0 Å². The van der Waals surface area contributed by atoms with E-state index in [4.69, 9.17) is 9.52 Å². The molecule has 116 valence electrons. The van der Waals surface area contributed by atoms with Gasteiger partial charge in [-0.3, -0.25) is 0 Å². The van der Waals surface area contributed by atoms with Crippen molar-refractivity contribution in [1.82, 2.24) is 10.2 Å². The second-order valence-electron chi connectivity index (χ2n) is 4.68. The molecule has 2 N–H and O–H groups in total. The molecule has 1 aromatic heterocycles. The highest BCUT2D eigenvalue weighted by molar-refractivity contribution is 7.99. The van der Waals surface area contributed by atoms with Crippen molar-refractivity contribution in [2.45, 2.75) is 0 Å². The average Bonchev–Trinajstić information content (AvgIpc) is 3.05. The van der Waals surface area contributed by atoms with Crippen LogP contribution in [0.3, 0.4) is 0 Å². The number of carbonyl (C=O) groups is 1. The van der Waals surface area contributed by atoms with Gasteiger partial charge >= 0.3 is 5.97 Å². The number of nitrogens with one attached hydrogen (secondary N) is 1. The molecular weight excluding hydrogens is 314 g/mol. The van der Waals surface area contributed by atoms with E-state index in [1.165, 1.54) is 24.1 Å². The zero-order valence-electron chi connectivity index (χ0n) is 12.2. The van der Waals surface area contributed by atoms with E-state index in [1.807, 2.05) is 30.5 Å². The summed E-state index contributed by atoms with van der Waals surface area (Å²) in [5.74, 6) is -0.215. The van der Waals surface area contributed by atoms with Gasteiger partial charge in [0.05, 0.1) is 5.56 Å². The molecule has 0 aliphatic heterocycles. The number of carboxylic acids is 1. The normalized spacial score (nSPS) is 10.5. The standard InChI is InChI=1S/C16H13N3O3S/c1-23-19-13-4-2-3-12(9-13)15-18-17-14(22-15)10-5-7-11(8-6-10)16(20)21/h2-9,19H,1H3,(H,20,21). The first-order chi connectivity index (χ1) is 11.2. The molecule has 3 aromatic rings. The summed E-state index contributed by atoms with van der Waals surface area (Å²) in [5.41, 5.74) is 2.64. The molecule has 0 spiro atoms. The Labute approximate surface area is 136 Å². The first-order valence-corrected chi connectivity index (χ1v) is 7.96. The minimum atomic E-state index is -0.971. The van der Waals surface area contributed by atoms with Gasteiger partial charge in [0.2, 0.25) is 11.8 Å². The summed E-state index contributed by atoms with van der Waals surface area (Å²) in [6.07, 6.45) is 1.94. The van der Waals surface area contributed by atoms with Gasteiger partial charge in [-0.05, 0) is 42.5 Å². The van der Waals surface area contributed by atoms with Gasteiger partial charge in [-0.2, -0.15) is 0 Å². The van der Waals surface area contributed by atoms with Crippen molar-refractivity contribution in [3.05, 3.63) is 54.1 Å². The average molecular weight is 327 g/mol. The molecule has 0 bridgehead atoms. The highest BCUT2D eigenvalue weighted by Crippen LogP contribution is 2.26. The number of aromatic carboxylic acids is 1. The lowest BCUT2D eigenvalue weighted by Gasteiger charge is -2.02. The zero-order valence-corrected chi connectivity index (χ0v) is 13.0. The highest BCUT2D eigenvalue weighted by Gasteiger charge is 2.11. The molecular formula is C16H13N3O3S. The number of benzene rings is 2. The van der Waals surface area contributed by atoms with Crippen molar-refractivity contribution >= 4 is 23.6 Å². The van der Waals surface area contributed by atoms with E-state index < -0.39 is 5.97 Å². The van der Waals surface area contributed by atoms with E-state index in [2.05, 4.69) is 14.9 Å². The molecule has 6 nitrogen and oxygen atoms in total. The molecule has 0 saturated heterocycles. The number of aromatic nitrogens is 2. The van der Waals surface area contributed by atoms with Crippen molar-refractivity contribution in [3.8, 4) is 22.9 Å². The van der Waals surface area contributed by atoms with Crippen molar-refractivity contribution in [2.75, 3.05) is 11.0 Å². The lowest BCUT2D eigenvalue weighted by Crippen LogP contribution is -1.94. The molecule has 0 fully saturated rings. The minimum absolute atomic E-state index is 0.212. The Morgan fingerprint density at radius 1 is 1.09 bits per heavy atom. The summed E-state index contributed by atoms with van der Waals surface area (Å²) in [4.78, 5) is 10.9. The monoisotopic (exact) mass is 327 g/mol. The van der Waals surface area contributed by atoms with Crippen LogP contribution < -0.4 is 4.72 Å². The Kier molecular flexibility index (Phi) is 4.29. The highest BCUT2D eigenvalue weighted by atomic mass is 32.2. The summed E-state index contributed by atoms with van der Waals surface area (Å²) in [7, 11) is 0. The second-order valence-corrected chi connectivity index (χ2v) is 5.29. The molecule has 0 unspecified atom stereocenters. The third kappa shape index (κ3) is 3.35. The molecule has 2 aromatic carbocycles. The molecule has 0 atom stereocenters. The maximum Gasteiger partial charge on any atom is 0.335 e. The second kappa shape index (κ2) is 6.53. The molecule has 23 heavy (non-hydrogen) atoms. The van der Waals surface area contributed by atoms with E-state index in [-0.39, 0.29) is 5.56 Å². The summed E-state index contributed by atoms with van der Waals surface area (Å²) in [5, 5.41) is 17.0. The first kappa shape index (κ1) is 15.1. The van der Waals surface area contributed by atoms with Gasteiger partial charge in [-0.25, -0.2) is 4.79 Å². The van der Waals surface area contributed by atoms with Gasteiger partial charge in [-0.1, -0.05) is 18.0 Å². The van der Waals surface area contributed by atoms with E-state index in [0.717, 1.165) is 11.3 Å². The molecule has 7 heteroatoms. The molecule has 0 amide bonds. The van der Waals surface area contributed by atoms with Crippen LogP contribution in [0.25, 0.3) is 22.9 Å². The quantitative estimate of drug-likeness (QED) is 0.689. The minimum Gasteiger partial charge on any atom is -0.478 e. The Bertz CT molecular complexity index is 831. The fourth-order valence-electron chi connectivity index (χ4n) is 2.05. The number of hydrogen-bond acceptors (Lipinski definition) is 6. The summed E-state index contributed by atoms with van der Waals surface area (Å²) in [6, 6.07) is 14.0. The third-order valence-corrected chi connectivity index (χ3v) is 3.57. The molecule has 0 radical (unpaired) electrons. The maximum atomic E-state index is 10.9. The van der Waals surface area contributed by atoms with Crippen LogP contribution in [0, 0.1) is 0 Å². The summed E-state index contributed by atoms with van der Waals surface area (Å²) < 4.78 is 8.83. The fraction of sp³-hybridized carbons (Fsp3) is 0.0625. The van der Waals surface area contributed by atoms with E-state index >= 15 is 0 Å². The topological polar surface area (TPSA) is 88.2 Å². The molecule has 3 rings (SSSR count). The largest absolute Gasteiger partial charge is 0.478 e.